The first-order valence-electron chi connectivity index (χ1n) is 7.50. The Morgan fingerprint density at radius 2 is 2.00 bits per heavy atom. The van der Waals surface area contributed by atoms with Crippen LogP contribution in [0.5, 0.6) is 0 Å². The van der Waals surface area contributed by atoms with Gasteiger partial charge in [0.15, 0.2) is 0 Å². The number of hydrogen-bond acceptors (Lipinski definition) is 4. The minimum absolute atomic E-state index is 0.702. The van der Waals surface area contributed by atoms with Gasteiger partial charge in [-0.3, -0.25) is 9.80 Å². The fourth-order valence-electron chi connectivity index (χ4n) is 2.79. The first-order chi connectivity index (χ1) is 8.75. The summed E-state index contributed by atoms with van der Waals surface area (Å²) >= 11 is 0. The molecule has 106 valence electrons. The number of hydrogen-bond donors (Lipinski definition) is 1. The molecule has 0 amide bonds. The van der Waals surface area contributed by atoms with Gasteiger partial charge in [-0.15, -0.1) is 0 Å². The van der Waals surface area contributed by atoms with Gasteiger partial charge in [0.2, 0.25) is 0 Å². The zero-order chi connectivity index (χ0) is 12.8. The zero-order valence-electron chi connectivity index (χ0n) is 12.0. The Morgan fingerprint density at radius 3 is 2.61 bits per heavy atom. The van der Waals surface area contributed by atoms with E-state index in [1.54, 1.807) is 0 Å². The maximum atomic E-state index is 5.38. The summed E-state index contributed by atoms with van der Waals surface area (Å²) in [7, 11) is 0. The molecular weight excluding hydrogens is 226 g/mol. The lowest BCUT2D eigenvalue weighted by Gasteiger charge is -2.36. The van der Waals surface area contributed by atoms with Crippen LogP contribution in [0.2, 0.25) is 0 Å². The summed E-state index contributed by atoms with van der Waals surface area (Å²) in [5.74, 6) is 0.753. The second-order valence-electron chi connectivity index (χ2n) is 5.91. The van der Waals surface area contributed by atoms with Crippen molar-refractivity contribution in [3.63, 3.8) is 0 Å². The molecule has 1 atom stereocenters. The molecule has 2 rings (SSSR count). The Labute approximate surface area is 112 Å². The Kier molecular flexibility index (Phi) is 5.89. The average Bonchev–Trinajstić information content (AvgIpc) is 2.88. The molecule has 0 spiro atoms. The van der Waals surface area contributed by atoms with Crippen molar-refractivity contribution >= 4 is 0 Å². The molecule has 0 saturated carbocycles. The number of nitrogens with one attached hydrogen (secondary N) is 1. The van der Waals surface area contributed by atoms with Crippen LogP contribution < -0.4 is 5.32 Å². The Morgan fingerprint density at radius 1 is 1.22 bits per heavy atom. The van der Waals surface area contributed by atoms with Gasteiger partial charge in [-0.05, 0) is 26.2 Å². The SMILES string of the molecule is CC(C)N1CCN(CCNCC2CCOC2)CC1. The molecule has 18 heavy (non-hydrogen) atoms. The second kappa shape index (κ2) is 7.43. The van der Waals surface area contributed by atoms with Crippen molar-refractivity contribution in [1.29, 1.82) is 0 Å². The Balaban J connectivity index is 1.50. The normalized spacial score (nSPS) is 27.2. The van der Waals surface area contributed by atoms with E-state index in [0.29, 0.717) is 6.04 Å². The van der Waals surface area contributed by atoms with Gasteiger partial charge in [0.25, 0.3) is 0 Å². The number of nitrogens with zero attached hydrogens (tertiary/aromatic N) is 2. The van der Waals surface area contributed by atoms with E-state index in [1.165, 1.54) is 39.1 Å². The lowest BCUT2D eigenvalue weighted by molar-refractivity contribution is 0.109. The van der Waals surface area contributed by atoms with Crippen LogP contribution in [0.15, 0.2) is 0 Å². The number of rotatable bonds is 6. The van der Waals surface area contributed by atoms with Crippen LogP contribution in [0.1, 0.15) is 20.3 Å². The van der Waals surface area contributed by atoms with Gasteiger partial charge in [0.1, 0.15) is 0 Å². The Hall–Kier alpha value is -0.160. The molecule has 1 N–H and O–H groups in total. The standard InChI is InChI=1S/C14H29N3O/c1-13(2)17-8-6-16(7-9-17)5-4-15-11-14-3-10-18-12-14/h13-15H,3-12H2,1-2H3. The lowest BCUT2D eigenvalue weighted by Crippen LogP contribution is -2.50. The smallest absolute Gasteiger partial charge is 0.0507 e. The van der Waals surface area contributed by atoms with Gasteiger partial charge < -0.3 is 10.1 Å². The predicted octanol–water partition coefficient (Wildman–Crippen LogP) is 0.639. The number of piperazine rings is 1. The van der Waals surface area contributed by atoms with E-state index < -0.39 is 0 Å². The third-order valence-electron chi connectivity index (χ3n) is 4.20. The maximum absolute atomic E-state index is 5.38. The van der Waals surface area contributed by atoms with Gasteiger partial charge in [-0.25, -0.2) is 0 Å². The molecule has 2 aliphatic rings. The minimum Gasteiger partial charge on any atom is -0.381 e. The summed E-state index contributed by atoms with van der Waals surface area (Å²) in [6.45, 7) is 14.9. The zero-order valence-corrected chi connectivity index (χ0v) is 12.0. The minimum atomic E-state index is 0.702. The van der Waals surface area contributed by atoms with Gasteiger partial charge in [-0.2, -0.15) is 0 Å². The van der Waals surface area contributed by atoms with Crippen molar-refractivity contribution < 1.29 is 4.74 Å². The highest BCUT2D eigenvalue weighted by molar-refractivity contribution is 4.75. The van der Waals surface area contributed by atoms with Crippen molar-refractivity contribution in [3.8, 4) is 0 Å². The summed E-state index contributed by atoms with van der Waals surface area (Å²) in [5.41, 5.74) is 0. The van der Waals surface area contributed by atoms with Crippen molar-refractivity contribution in [2.45, 2.75) is 26.3 Å². The van der Waals surface area contributed by atoms with Gasteiger partial charge >= 0.3 is 0 Å². The summed E-state index contributed by atoms with van der Waals surface area (Å²) in [6.07, 6.45) is 1.24. The molecule has 2 saturated heterocycles. The summed E-state index contributed by atoms with van der Waals surface area (Å²) in [6, 6.07) is 0.702. The third-order valence-corrected chi connectivity index (χ3v) is 4.20. The first-order valence-corrected chi connectivity index (χ1v) is 7.50. The maximum Gasteiger partial charge on any atom is 0.0507 e. The van der Waals surface area contributed by atoms with Gasteiger partial charge in [-0.1, -0.05) is 0 Å². The van der Waals surface area contributed by atoms with Crippen molar-refractivity contribution in [1.82, 2.24) is 15.1 Å². The van der Waals surface area contributed by atoms with Crippen LogP contribution in [0.4, 0.5) is 0 Å². The summed E-state index contributed by atoms with van der Waals surface area (Å²) < 4.78 is 5.38. The van der Waals surface area contributed by atoms with Crippen LogP contribution in [-0.4, -0.2) is 74.9 Å². The fourth-order valence-corrected chi connectivity index (χ4v) is 2.79. The largest absolute Gasteiger partial charge is 0.381 e. The van der Waals surface area contributed by atoms with Gasteiger partial charge in [0.05, 0.1) is 6.61 Å². The average molecular weight is 255 g/mol. The molecule has 0 aromatic rings. The van der Waals surface area contributed by atoms with Crippen molar-refractivity contribution in [2.24, 2.45) is 5.92 Å². The predicted molar refractivity (Wildman–Crippen MR) is 74.9 cm³/mol. The quantitative estimate of drug-likeness (QED) is 0.705. The van der Waals surface area contributed by atoms with E-state index in [4.69, 9.17) is 4.74 Å². The van der Waals surface area contributed by atoms with Crippen molar-refractivity contribution in [3.05, 3.63) is 0 Å². The lowest BCUT2D eigenvalue weighted by atomic mass is 10.1. The highest BCUT2D eigenvalue weighted by Gasteiger charge is 2.18. The molecule has 4 nitrogen and oxygen atoms in total. The summed E-state index contributed by atoms with van der Waals surface area (Å²) in [4.78, 5) is 5.15. The second-order valence-corrected chi connectivity index (χ2v) is 5.91. The molecular formula is C14H29N3O. The van der Waals surface area contributed by atoms with E-state index in [1.807, 2.05) is 0 Å². The molecule has 0 radical (unpaired) electrons. The molecule has 2 heterocycles. The van der Waals surface area contributed by atoms with Crippen LogP contribution in [0.3, 0.4) is 0 Å². The monoisotopic (exact) mass is 255 g/mol. The highest BCUT2D eigenvalue weighted by Crippen LogP contribution is 2.10. The van der Waals surface area contributed by atoms with Crippen LogP contribution in [0, 0.1) is 5.92 Å². The molecule has 1 unspecified atom stereocenters. The van der Waals surface area contributed by atoms with Crippen LogP contribution in [0.25, 0.3) is 0 Å². The Bertz CT molecular complexity index is 221. The van der Waals surface area contributed by atoms with Crippen LogP contribution in [-0.2, 0) is 4.74 Å². The molecule has 0 aliphatic carbocycles. The number of ether oxygens (including phenoxy) is 1. The third kappa shape index (κ3) is 4.50. The highest BCUT2D eigenvalue weighted by atomic mass is 16.5. The molecule has 2 fully saturated rings. The van der Waals surface area contributed by atoms with E-state index in [9.17, 15) is 0 Å². The molecule has 0 bridgehead atoms. The molecule has 2 aliphatic heterocycles. The first kappa shape index (κ1) is 14.3. The topological polar surface area (TPSA) is 27.7 Å². The van der Waals surface area contributed by atoms with Gasteiger partial charge in [0, 0.05) is 58.5 Å². The van der Waals surface area contributed by atoms with Crippen molar-refractivity contribution in [2.75, 3.05) is 59.0 Å². The summed E-state index contributed by atoms with van der Waals surface area (Å²) in [5, 5.41) is 3.57. The van der Waals surface area contributed by atoms with E-state index in [2.05, 4.69) is 29.0 Å². The fraction of sp³-hybridized carbons (Fsp3) is 1.00. The molecule has 0 aromatic heterocycles. The van der Waals surface area contributed by atoms with E-state index in [0.717, 1.165) is 32.2 Å². The van der Waals surface area contributed by atoms with Crippen LogP contribution >= 0.6 is 0 Å². The molecule has 0 aromatic carbocycles. The van der Waals surface area contributed by atoms with E-state index in [-0.39, 0.29) is 0 Å². The molecule has 4 heteroatoms. The van der Waals surface area contributed by atoms with E-state index >= 15 is 0 Å².